The fourth-order valence-corrected chi connectivity index (χ4v) is 0.958. The first-order chi connectivity index (χ1) is 6.70. The van der Waals surface area contributed by atoms with E-state index in [1.165, 1.54) is 6.92 Å². The van der Waals surface area contributed by atoms with Gasteiger partial charge in [0, 0.05) is 18.3 Å². The maximum absolute atomic E-state index is 10.4. The van der Waals surface area contributed by atoms with Crippen molar-refractivity contribution in [2.75, 3.05) is 6.61 Å². The van der Waals surface area contributed by atoms with Gasteiger partial charge in [0.05, 0.1) is 6.61 Å². The molecule has 0 radical (unpaired) electrons. The number of nitrogens with zero attached hydrogens (tertiary/aromatic N) is 1. The largest absolute Gasteiger partial charge is 0.479 e. The third kappa shape index (κ3) is 3.53. The summed E-state index contributed by atoms with van der Waals surface area (Å²) >= 11 is 0. The Labute approximate surface area is 82.5 Å². The monoisotopic (exact) mass is 195 g/mol. The average molecular weight is 195 g/mol. The summed E-state index contributed by atoms with van der Waals surface area (Å²) in [4.78, 5) is 14.5. The van der Waals surface area contributed by atoms with Crippen molar-refractivity contribution in [2.24, 2.45) is 0 Å². The molecular formula is C10H13NO3. The van der Waals surface area contributed by atoms with E-state index >= 15 is 0 Å². The Morgan fingerprint density at radius 2 is 2.43 bits per heavy atom. The highest BCUT2D eigenvalue weighted by atomic mass is 16.5. The van der Waals surface area contributed by atoms with Gasteiger partial charge in [0.1, 0.15) is 0 Å². The average Bonchev–Trinajstić information content (AvgIpc) is 2.19. The molecule has 4 heteroatoms. The minimum atomic E-state index is -0.939. The Bertz CT molecular complexity index is 287. The number of carbonyl (C=O) groups is 1. The van der Waals surface area contributed by atoms with E-state index in [0.29, 0.717) is 13.0 Å². The third-order valence-corrected chi connectivity index (χ3v) is 1.80. The zero-order valence-electron chi connectivity index (χ0n) is 8.01. The van der Waals surface area contributed by atoms with Crippen molar-refractivity contribution < 1.29 is 14.6 Å². The first-order valence-electron chi connectivity index (χ1n) is 4.44. The van der Waals surface area contributed by atoms with Crippen LogP contribution in [0.3, 0.4) is 0 Å². The highest BCUT2D eigenvalue weighted by Crippen LogP contribution is 1.97. The van der Waals surface area contributed by atoms with Crippen LogP contribution in [0.5, 0.6) is 0 Å². The molecule has 1 rings (SSSR count). The number of hydrogen-bond donors (Lipinski definition) is 1. The molecule has 0 saturated heterocycles. The first kappa shape index (κ1) is 10.7. The molecule has 1 aromatic rings. The lowest BCUT2D eigenvalue weighted by Crippen LogP contribution is -2.21. The van der Waals surface area contributed by atoms with Gasteiger partial charge in [0.15, 0.2) is 6.10 Å². The van der Waals surface area contributed by atoms with Crippen LogP contribution in [-0.4, -0.2) is 28.8 Å². The van der Waals surface area contributed by atoms with E-state index in [-0.39, 0.29) is 0 Å². The number of ether oxygens (including phenoxy) is 1. The molecule has 0 amide bonds. The molecule has 1 heterocycles. The Hall–Kier alpha value is -1.42. The quantitative estimate of drug-likeness (QED) is 0.764. The number of carboxylic acid groups (broad SMARTS) is 1. The van der Waals surface area contributed by atoms with E-state index in [2.05, 4.69) is 4.98 Å². The zero-order chi connectivity index (χ0) is 10.4. The highest BCUT2D eigenvalue weighted by molar-refractivity contribution is 5.71. The van der Waals surface area contributed by atoms with Crippen molar-refractivity contribution in [1.82, 2.24) is 4.98 Å². The smallest absolute Gasteiger partial charge is 0.332 e. The van der Waals surface area contributed by atoms with Gasteiger partial charge >= 0.3 is 5.97 Å². The van der Waals surface area contributed by atoms with E-state index in [4.69, 9.17) is 9.84 Å². The number of aliphatic carboxylic acids is 1. The summed E-state index contributed by atoms with van der Waals surface area (Å²) in [6.07, 6.45) is 1.59. The van der Waals surface area contributed by atoms with Gasteiger partial charge in [-0.25, -0.2) is 4.79 Å². The summed E-state index contributed by atoms with van der Waals surface area (Å²) in [7, 11) is 0. The van der Waals surface area contributed by atoms with Crippen LogP contribution in [0.4, 0.5) is 0 Å². The molecule has 0 bridgehead atoms. The van der Waals surface area contributed by atoms with E-state index in [1.54, 1.807) is 6.20 Å². The standard InChI is InChI=1S/C10H13NO3/c1-8(10(12)13)14-7-5-9-4-2-3-6-11-9/h2-4,6,8H,5,7H2,1H3,(H,12,13). The first-order valence-corrected chi connectivity index (χ1v) is 4.44. The SMILES string of the molecule is CC(OCCc1ccccn1)C(=O)O. The van der Waals surface area contributed by atoms with Crippen molar-refractivity contribution >= 4 is 5.97 Å². The summed E-state index contributed by atoms with van der Waals surface area (Å²) in [6, 6.07) is 5.61. The molecule has 1 N–H and O–H groups in total. The van der Waals surface area contributed by atoms with Crippen LogP contribution in [0.1, 0.15) is 12.6 Å². The molecule has 0 spiro atoms. The van der Waals surface area contributed by atoms with Crippen molar-refractivity contribution in [3.8, 4) is 0 Å². The van der Waals surface area contributed by atoms with E-state index in [1.807, 2.05) is 18.2 Å². The van der Waals surface area contributed by atoms with Gasteiger partial charge in [0.25, 0.3) is 0 Å². The number of carboxylic acids is 1. The second-order valence-electron chi connectivity index (χ2n) is 2.92. The van der Waals surface area contributed by atoms with Gasteiger partial charge in [-0.1, -0.05) is 6.07 Å². The normalized spacial score (nSPS) is 12.4. The summed E-state index contributed by atoms with van der Waals surface area (Å²) < 4.78 is 5.07. The van der Waals surface area contributed by atoms with Crippen molar-refractivity contribution in [3.05, 3.63) is 30.1 Å². The summed E-state index contributed by atoms with van der Waals surface area (Å²) in [6.45, 7) is 1.89. The Balaban J connectivity index is 2.26. The van der Waals surface area contributed by atoms with Crippen LogP contribution in [0.25, 0.3) is 0 Å². The molecule has 0 aromatic carbocycles. The van der Waals surface area contributed by atoms with E-state index < -0.39 is 12.1 Å². The van der Waals surface area contributed by atoms with Crippen LogP contribution in [0, 0.1) is 0 Å². The second kappa shape index (κ2) is 5.34. The molecule has 0 aliphatic rings. The number of aromatic nitrogens is 1. The molecule has 0 saturated carbocycles. The van der Waals surface area contributed by atoms with Crippen LogP contribution >= 0.6 is 0 Å². The van der Waals surface area contributed by atoms with Gasteiger partial charge in [-0.2, -0.15) is 0 Å². The second-order valence-corrected chi connectivity index (χ2v) is 2.92. The fourth-order valence-electron chi connectivity index (χ4n) is 0.958. The zero-order valence-corrected chi connectivity index (χ0v) is 8.01. The van der Waals surface area contributed by atoms with Crippen LogP contribution < -0.4 is 0 Å². The highest BCUT2D eigenvalue weighted by Gasteiger charge is 2.10. The van der Waals surface area contributed by atoms with Crippen molar-refractivity contribution in [3.63, 3.8) is 0 Å². The maximum Gasteiger partial charge on any atom is 0.332 e. The van der Waals surface area contributed by atoms with E-state index in [0.717, 1.165) is 5.69 Å². The Morgan fingerprint density at radius 3 is 3.00 bits per heavy atom. The molecular weight excluding hydrogens is 182 g/mol. The van der Waals surface area contributed by atoms with Gasteiger partial charge in [-0.05, 0) is 19.1 Å². The minimum absolute atomic E-state index is 0.379. The minimum Gasteiger partial charge on any atom is -0.479 e. The summed E-state index contributed by atoms with van der Waals surface area (Å²) in [5.74, 6) is -0.939. The lowest BCUT2D eigenvalue weighted by Gasteiger charge is -2.07. The Morgan fingerprint density at radius 1 is 1.64 bits per heavy atom. The number of rotatable bonds is 5. The van der Waals surface area contributed by atoms with Crippen molar-refractivity contribution in [1.29, 1.82) is 0 Å². The number of hydrogen-bond acceptors (Lipinski definition) is 3. The van der Waals surface area contributed by atoms with Crippen LogP contribution in [0.2, 0.25) is 0 Å². The maximum atomic E-state index is 10.4. The summed E-state index contributed by atoms with van der Waals surface area (Å²) in [5, 5.41) is 8.54. The van der Waals surface area contributed by atoms with Gasteiger partial charge in [-0.15, -0.1) is 0 Å². The van der Waals surface area contributed by atoms with Gasteiger partial charge in [-0.3, -0.25) is 4.98 Å². The molecule has 0 fully saturated rings. The molecule has 0 aliphatic carbocycles. The predicted molar refractivity (Wildman–Crippen MR) is 51.0 cm³/mol. The fraction of sp³-hybridized carbons (Fsp3) is 0.400. The molecule has 1 aromatic heterocycles. The molecule has 1 unspecified atom stereocenters. The third-order valence-electron chi connectivity index (χ3n) is 1.80. The molecule has 1 atom stereocenters. The number of pyridine rings is 1. The van der Waals surface area contributed by atoms with Crippen LogP contribution in [0.15, 0.2) is 24.4 Å². The molecule has 14 heavy (non-hydrogen) atoms. The molecule has 0 aliphatic heterocycles. The lowest BCUT2D eigenvalue weighted by molar-refractivity contribution is -0.149. The summed E-state index contributed by atoms with van der Waals surface area (Å²) in [5.41, 5.74) is 0.907. The van der Waals surface area contributed by atoms with Gasteiger partial charge in [0.2, 0.25) is 0 Å². The Kier molecular flexibility index (Phi) is 4.07. The topological polar surface area (TPSA) is 59.4 Å². The lowest BCUT2D eigenvalue weighted by atomic mass is 10.3. The predicted octanol–water partition coefficient (Wildman–Crippen LogP) is 1.11. The van der Waals surface area contributed by atoms with E-state index in [9.17, 15) is 4.79 Å². The molecule has 4 nitrogen and oxygen atoms in total. The van der Waals surface area contributed by atoms with Crippen molar-refractivity contribution in [2.45, 2.75) is 19.4 Å². The molecule has 76 valence electrons. The van der Waals surface area contributed by atoms with Gasteiger partial charge < -0.3 is 9.84 Å². The van der Waals surface area contributed by atoms with Crippen LogP contribution in [-0.2, 0) is 16.0 Å².